The number of aromatic hydroxyl groups is 1. The van der Waals surface area contributed by atoms with Gasteiger partial charge in [0, 0.05) is 0 Å². The summed E-state index contributed by atoms with van der Waals surface area (Å²) in [6.07, 6.45) is 1.53. The van der Waals surface area contributed by atoms with Crippen molar-refractivity contribution in [3.8, 4) is 23.3 Å². The maximum absolute atomic E-state index is 12.2. The van der Waals surface area contributed by atoms with Gasteiger partial charge in [-0.25, -0.2) is 4.98 Å². The fourth-order valence-electron chi connectivity index (χ4n) is 2.53. The Kier molecular flexibility index (Phi) is 4.58. The van der Waals surface area contributed by atoms with Gasteiger partial charge < -0.3 is 19.6 Å². The molecule has 0 spiro atoms. The molecule has 0 aliphatic rings. The van der Waals surface area contributed by atoms with Crippen molar-refractivity contribution in [3.63, 3.8) is 0 Å². The monoisotopic (exact) mass is 349 g/mol. The molecule has 0 radical (unpaired) electrons. The average molecular weight is 349 g/mol. The number of nitrogens with zero attached hydrogens (tertiary/aromatic N) is 2. The highest BCUT2D eigenvalue weighted by molar-refractivity contribution is 5.89. The second kappa shape index (κ2) is 6.99. The van der Waals surface area contributed by atoms with Gasteiger partial charge in [0.05, 0.1) is 30.7 Å². The number of phenols is 1. The second-order valence-corrected chi connectivity index (χ2v) is 5.38. The van der Waals surface area contributed by atoms with Gasteiger partial charge in [-0.05, 0) is 35.9 Å². The van der Waals surface area contributed by atoms with Crippen LogP contribution >= 0.6 is 0 Å². The number of hydrogen-bond acceptors (Lipinski definition) is 6. The summed E-state index contributed by atoms with van der Waals surface area (Å²) in [5.74, 6) is 0.422. The molecule has 26 heavy (non-hydrogen) atoms. The van der Waals surface area contributed by atoms with E-state index in [9.17, 15) is 15.2 Å². The van der Waals surface area contributed by atoms with Crippen LogP contribution in [0, 0.1) is 11.3 Å². The van der Waals surface area contributed by atoms with E-state index in [2.05, 4.69) is 9.97 Å². The van der Waals surface area contributed by atoms with E-state index in [1.165, 1.54) is 20.3 Å². The number of methoxy groups -OCH3 is 2. The summed E-state index contributed by atoms with van der Waals surface area (Å²) in [5.41, 5.74) is 0.868. The molecule has 3 aromatic rings. The number of para-hydroxylation sites is 1. The number of fused-ring (bicyclic) bond motifs is 1. The first kappa shape index (κ1) is 17.0. The summed E-state index contributed by atoms with van der Waals surface area (Å²) in [4.78, 5) is 19.2. The molecule has 0 aliphatic carbocycles. The number of hydrogen-bond donors (Lipinski definition) is 2. The number of benzene rings is 2. The Labute approximate surface area is 148 Å². The number of rotatable bonds is 4. The number of nitrogens with one attached hydrogen (secondary N) is 1. The highest BCUT2D eigenvalue weighted by atomic mass is 16.5. The largest absolute Gasteiger partial charge is 0.502 e. The molecule has 2 aromatic carbocycles. The zero-order valence-electron chi connectivity index (χ0n) is 14.1. The molecule has 0 atom stereocenters. The number of ether oxygens (including phenoxy) is 2. The fraction of sp³-hybridized carbons (Fsp3) is 0.105. The van der Waals surface area contributed by atoms with E-state index < -0.39 is 0 Å². The molecule has 0 unspecified atom stereocenters. The lowest BCUT2D eigenvalue weighted by Gasteiger charge is -2.09. The van der Waals surface area contributed by atoms with Gasteiger partial charge in [0.25, 0.3) is 5.56 Å². The van der Waals surface area contributed by atoms with Crippen LogP contribution in [0.3, 0.4) is 0 Å². The molecule has 0 bridgehead atoms. The van der Waals surface area contributed by atoms with Crippen molar-refractivity contribution in [2.75, 3.05) is 14.2 Å². The Morgan fingerprint density at radius 3 is 2.50 bits per heavy atom. The van der Waals surface area contributed by atoms with E-state index in [-0.39, 0.29) is 34.2 Å². The van der Waals surface area contributed by atoms with E-state index in [0.717, 1.165) is 0 Å². The summed E-state index contributed by atoms with van der Waals surface area (Å²) in [7, 11) is 2.82. The summed E-state index contributed by atoms with van der Waals surface area (Å²) in [5, 5.41) is 19.9. The highest BCUT2D eigenvalue weighted by Crippen LogP contribution is 2.37. The average Bonchev–Trinajstić information content (AvgIpc) is 2.67. The Bertz CT molecular complexity index is 1080. The van der Waals surface area contributed by atoms with Crippen LogP contribution in [0.25, 0.3) is 22.6 Å². The van der Waals surface area contributed by atoms with Crippen molar-refractivity contribution in [2.45, 2.75) is 0 Å². The molecule has 7 nitrogen and oxygen atoms in total. The minimum atomic E-state index is -0.326. The topological polar surface area (TPSA) is 108 Å². The summed E-state index contributed by atoms with van der Waals surface area (Å²) in [6, 6.07) is 12.0. The van der Waals surface area contributed by atoms with Crippen molar-refractivity contribution < 1.29 is 14.6 Å². The number of phenolic OH excluding ortho intramolecular Hbond substituents is 1. The van der Waals surface area contributed by atoms with Gasteiger partial charge in [-0.15, -0.1) is 0 Å². The zero-order valence-corrected chi connectivity index (χ0v) is 14.1. The molecule has 0 saturated heterocycles. The molecular formula is C19H15N3O4. The molecule has 130 valence electrons. The van der Waals surface area contributed by atoms with Crippen LogP contribution in [0.4, 0.5) is 0 Å². The minimum absolute atomic E-state index is 0.136. The van der Waals surface area contributed by atoms with E-state index >= 15 is 0 Å². The summed E-state index contributed by atoms with van der Waals surface area (Å²) >= 11 is 0. The van der Waals surface area contributed by atoms with Crippen LogP contribution in [-0.2, 0) is 0 Å². The SMILES string of the molecule is COc1cc(C=C(C#N)c2nc3ccccc3c(=O)[nH]2)cc(OC)c1O. The molecule has 3 rings (SSSR count). The molecule has 0 aliphatic heterocycles. The van der Waals surface area contributed by atoms with Crippen molar-refractivity contribution >= 4 is 22.6 Å². The van der Waals surface area contributed by atoms with Crippen molar-refractivity contribution in [2.24, 2.45) is 0 Å². The molecule has 2 N–H and O–H groups in total. The van der Waals surface area contributed by atoms with Gasteiger partial charge in [-0.2, -0.15) is 5.26 Å². The van der Waals surface area contributed by atoms with Gasteiger partial charge in [0.2, 0.25) is 5.75 Å². The van der Waals surface area contributed by atoms with E-state index in [4.69, 9.17) is 9.47 Å². The molecule has 1 aromatic heterocycles. The normalized spacial score (nSPS) is 11.2. The number of aromatic nitrogens is 2. The first-order valence-corrected chi connectivity index (χ1v) is 7.63. The molecule has 0 amide bonds. The second-order valence-electron chi connectivity index (χ2n) is 5.38. The molecular weight excluding hydrogens is 334 g/mol. The zero-order chi connectivity index (χ0) is 18.7. The molecule has 0 saturated carbocycles. The standard InChI is InChI=1S/C19H15N3O4/c1-25-15-8-11(9-16(26-2)17(15)23)7-12(10-20)18-21-14-6-4-3-5-13(14)19(24)22-18/h3-9,23H,1-2H3,(H,21,22,24). The van der Waals surface area contributed by atoms with Crippen LogP contribution in [0.1, 0.15) is 11.4 Å². The van der Waals surface area contributed by atoms with Crippen LogP contribution in [-0.4, -0.2) is 29.3 Å². The minimum Gasteiger partial charge on any atom is -0.502 e. The van der Waals surface area contributed by atoms with Gasteiger partial charge in [-0.3, -0.25) is 4.79 Å². The Morgan fingerprint density at radius 1 is 1.23 bits per heavy atom. The predicted octanol–water partition coefficient (Wildman–Crippen LogP) is 2.71. The van der Waals surface area contributed by atoms with Crippen LogP contribution in [0.2, 0.25) is 0 Å². The van der Waals surface area contributed by atoms with E-state index in [0.29, 0.717) is 16.5 Å². The van der Waals surface area contributed by atoms with Gasteiger partial charge in [-0.1, -0.05) is 12.1 Å². The maximum atomic E-state index is 12.2. The number of H-pyrrole nitrogens is 1. The number of allylic oxidation sites excluding steroid dienone is 1. The van der Waals surface area contributed by atoms with Crippen LogP contribution in [0.15, 0.2) is 41.2 Å². The Morgan fingerprint density at radius 2 is 1.88 bits per heavy atom. The smallest absolute Gasteiger partial charge is 0.259 e. The van der Waals surface area contributed by atoms with E-state index in [1.807, 2.05) is 6.07 Å². The maximum Gasteiger partial charge on any atom is 0.259 e. The predicted molar refractivity (Wildman–Crippen MR) is 97.1 cm³/mol. The lowest BCUT2D eigenvalue weighted by atomic mass is 10.1. The van der Waals surface area contributed by atoms with Crippen LogP contribution < -0.4 is 15.0 Å². The highest BCUT2D eigenvalue weighted by Gasteiger charge is 2.12. The van der Waals surface area contributed by atoms with Crippen molar-refractivity contribution in [3.05, 3.63) is 58.1 Å². The third-order valence-electron chi connectivity index (χ3n) is 3.80. The van der Waals surface area contributed by atoms with Crippen molar-refractivity contribution in [1.29, 1.82) is 5.26 Å². The first-order valence-electron chi connectivity index (χ1n) is 7.63. The van der Waals surface area contributed by atoms with Gasteiger partial charge in [0.1, 0.15) is 6.07 Å². The Hall–Kier alpha value is -3.79. The molecule has 0 fully saturated rings. The Balaban J connectivity index is 2.16. The van der Waals surface area contributed by atoms with E-state index in [1.54, 1.807) is 36.4 Å². The third kappa shape index (κ3) is 3.08. The summed E-state index contributed by atoms with van der Waals surface area (Å²) < 4.78 is 10.2. The van der Waals surface area contributed by atoms with Gasteiger partial charge >= 0.3 is 0 Å². The summed E-state index contributed by atoms with van der Waals surface area (Å²) in [6.45, 7) is 0. The van der Waals surface area contributed by atoms with Gasteiger partial charge in [0.15, 0.2) is 17.3 Å². The number of aromatic amines is 1. The lowest BCUT2D eigenvalue weighted by molar-refractivity contribution is 0.340. The molecule has 1 heterocycles. The van der Waals surface area contributed by atoms with Crippen molar-refractivity contribution in [1.82, 2.24) is 9.97 Å². The number of nitriles is 1. The van der Waals surface area contributed by atoms with Crippen LogP contribution in [0.5, 0.6) is 17.2 Å². The quantitative estimate of drug-likeness (QED) is 0.701. The fourth-order valence-corrected chi connectivity index (χ4v) is 2.53. The third-order valence-corrected chi connectivity index (χ3v) is 3.80. The molecule has 7 heteroatoms. The first-order chi connectivity index (χ1) is 12.6. The lowest BCUT2D eigenvalue weighted by Crippen LogP contribution is -2.11.